The van der Waals surface area contributed by atoms with Crippen molar-refractivity contribution < 1.29 is 9.94 Å². The van der Waals surface area contributed by atoms with Gasteiger partial charge in [-0.15, -0.1) is 5.16 Å². The average molecular weight is 235 g/mol. The number of ether oxygens (including phenoxy) is 1. The van der Waals surface area contributed by atoms with Crippen LogP contribution in [0.2, 0.25) is 0 Å². The van der Waals surface area contributed by atoms with Crippen LogP contribution in [-0.4, -0.2) is 17.5 Å². The van der Waals surface area contributed by atoms with Crippen LogP contribution in [0.5, 0.6) is 0 Å². The summed E-state index contributed by atoms with van der Waals surface area (Å²) < 4.78 is 5.85. The van der Waals surface area contributed by atoms with Crippen LogP contribution in [0.4, 0.5) is 0 Å². The highest BCUT2D eigenvalue weighted by Crippen LogP contribution is 2.13. The Bertz CT molecular complexity index is 324. The normalized spacial score (nSPS) is 14.9. The maximum atomic E-state index is 8.46. The topological polar surface area (TPSA) is 41.8 Å². The average Bonchev–Trinajstić information content (AvgIpc) is 2.36. The van der Waals surface area contributed by atoms with Crippen molar-refractivity contribution in [3.8, 4) is 0 Å². The molecule has 1 rings (SSSR count). The molecule has 0 bridgehead atoms. The summed E-state index contributed by atoms with van der Waals surface area (Å²) in [6, 6.07) is 10.2. The third kappa shape index (κ3) is 5.50. The van der Waals surface area contributed by atoms with Crippen LogP contribution in [-0.2, 0) is 11.3 Å². The molecule has 0 aliphatic carbocycles. The number of nitrogens with zero attached hydrogens (tertiary/aromatic N) is 1. The van der Waals surface area contributed by atoms with Gasteiger partial charge in [-0.05, 0) is 24.3 Å². The molecule has 0 aromatic heterocycles. The fourth-order valence-corrected chi connectivity index (χ4v) is 1.73. The van der Waals surface area contributed by atoms with Crippen molar-refractivity contribution in [2.75, 3.05) is 0 Å². The minimum absolute atomic E-state index is 0.211. The van der Waals surface area contributed by atoms with E-state index in [2.05, 4.69) is 24.2 Å². The summed E-state index contributed by atoms with van der Waals surface area (Å²) in [5, 5.41) is 11.5. The largest absolute Gasteiger partial charge is 0.411 e. The summed E-state index contributed by atoms with van der Waals surface area (Å²) in [6.45, 7) is 4.77. The fourth-order valence-electron chi connectivity index (χ4n) is 1.73. The molecule has 3 heteroatoms. The highest BCUT2D eigenvalue weighted by atomic mass is 16.5. The first-order valence-corrected chi connectivity index (χ1v) is 6.09. The number of oxime groups is 1. The molecule has 0 heterocycles. The Kier molecular flexibility index (Phi) is 6.33. The molecule has 2 unspecified atom stereocenters. The maximum absolute atomic E-state index is 8.46. The van der Waals surface area contributed by atoms with Crippen molar-refractivity contribution in [3.05, 3.63) is 35.9 Å². The molecule has 1 aromatic carbocycles. The monoisotopic (exact) mass is 235 g/mol. The third-order valence-electron chi connectivity index (χ3n) is 2.74. The van der Waals surface area contributed by atoms with Crippen LogP contribution in [0.25, 0.3) is 0 Å². The zero-order valence-electron chi connectivity index (χ0n) is 10.5. The molecule has 0 saturated carbocycles. The van der Waals surface area contributed by atoms with Crippen LogP contribution >= 0.6 is 0 Å². The van der Waals surface area contributed by atoms with Gasteiger partial charge < -0.3 is 9.94 Å². The summed E-state index contributed by atoms with van der Waals surface area (Å²) in [6.07, 6.45) is 3.61. The van der Waals surface area contributed by atoms with Gasteiger partial charge in [0.1, 0.15) is 0 Å². The lowest BCUT2D eigenvalue weighted by Gasteiger charge is -2.18. The van der Waals surface area contributed by atoms with Gasteiger partial charge in [0.25, 0.3) is 0 Å². The summed E-state index contributed by atoms with van der Waals surface area (Å²) in [5.74, 6) is 0.237. The summed E-state index contributed by atoms with van der Waals surface area (Å²) >= 11 is 0. The lowest BCUT2D eigenvalue weighted by atomic mass is 10.0. The second-order valence-corrected chi connectivity index (χ2v) is 4.30. The molecular formula is C14H21NO2. The van der Waals surface area contributed by atoms with E-state index in [1.807, 2.05) is 25.1 Å². The van der Waals surface area contributed by atoms with Crippen molar-refractivity contribution in [2.45, 2.75) is 39.4 Å². The molecule has 3 nitrogen and oxygen atoms in total. The second kappa shape index (κ2) is 7.85. The van der Waals surface area contributed by atoms with Crippen molar-refractivity contribution in [2.24, 2.45) is 11.1 Å². The summed E-state index contributed by atoms with van der Waals surface area (Å²) in [4.78, 5) is 0. The molecule has 1 aromatic rings. The van der Waals surface area contributed by atoms with Crippen LogP contribution in [0.15, 0.2) is 35.5 Å². The number of hydrogen-bond donors (Lipinski definition) is 1. The molecule has 0 saturated heterocycles. The van der Waals surface area contributed by atoms with Gasteiger partial charge in [0, 0.05) is 6.21 Å². The van der Waals surface area contributed by atoms with E-state index in [1.54, 1.807) is 6.21 Å². The summed E-state index contributed by atoms with van der Waals surface area (Å²) in [5.41, 5.74) is 1.19. The van der Waals surface area contributed by atoms with E-state index in [0.717, 1.165) is 12.8 Å². The predicted octanol–water partition coefficient (Wildman–Crippen LogP) is 3.47. The zero-order valence-corrected chi connectivity index (χ0v) is 10.5. The highest BCUT2D eigenvalue weighted by Gasteiger charge is 2.10. The van der Waals surface area contributed by atoms with Gasteiger partial charge in [0.05, 0.1) is 12.7 Å². The smallest absolute Gasteiger partial charge is 0.0720 e. The lowest BCUT2D eigenvalue weighted by Crippen LogP contribution is -2.16. The van der Waals surface area contributed by atoms with Gasteiger partial charge in [0.2, 0.25) is 0 Å². The Morgan fingerprint density at radius 3 is 2.65 bits per heavy atom. The highest BCUT2D eigenvalue weighted by molar-refractivity contribution is 5.59. The van der Waals surface area contributed by atoms with Gasteiger partial charge in [-0.1, -0.05) is 44.2 Å². The molecule has 1 N–H and O–H groups in total. The Balaban J connectivity index is 2.37. The molecule has 0 amide bonds. The number of benzene rings is 1. The predicted molar refractivity (Wildman–Crippen MR) is 69.4 cm³/mol. The molecule has 2 atom stereocenters. The fraction of sp³-hybridized carbons (Fsp3) is 0.500. The molecule has 0 fully saturated rings. The molecule has 94 valence electrons. The van der Waals surface area contributed by atoms with E-state index in [-0.39, 0.29) is 12.0 Å². The van der Waals surface area contributed by atoms with Crippen molar-refractivity contribution in [1.82, 2.24) is 0 Å². The van der Waals surface area contributed by atoms with Gasteiger partial charge in [-0.2, -0.15) is 0 Å². The lowest BCUT2D eigenvalue weighted by molar-refractivity contribution is 0.0283. The minimum atomic E-state index is 0.211. The van der Waals surface area contributed by atoms with Crippen LogP contribution < -0.4 is 0 Å². The minimum Gasteiger partial charge on any atom is -0.411 e. The SMILES string of the molecule is CCC(CC(C)/C=N/O)OCc1ccccc1. The number of rotatable bonds is 7. The maximum Gasteiger partial charge on any atom is 0.0720 e. The van der Waals surface area contributed by atoms with E-state index >= 15 is 0 Å². The van der Waals surface area contributed by atoms with Crippen molar-refractivity contribution in [1.29, 1.82) is 0 Å². The molecule has 0 aliphatic rings. The first-order valence-electron chi connectivity index (χ1n) is 6.09. The van der Waals surface area contributed by atoms with E-state index < -0.39 is 0 Å². The van der Waals surface area contributed by atoms with Gasteiger partial charge in [-0.25, -0.2) is 0 Å². The molecule has 0 spiro atoms. The van der Waals surface area contributed by atoms with Crippen molar-refractivity contribution in [3.63, 3.8) is 0 Å². The standard InChI is InChI=1S/C14H21NO2/c1-3-14(9-12(2)10-15-16)17-11-13-7-5-4-6-8-13/h4-8,10,12,14,16H,3,9,11H2,1-2H3/b15-10+. The van der Waals surface area contributed by atoms with Crippen molar-refractivity contribution >= 4 is 6.21 Å². The number of hydrogen-bond acceptors (Lipinski definition) is 3. The molecule has 17 heavy (non-hydrogen) atoms. The van der Waals surface area contributed by atoms with Gasteiger partial charge in [0.15, 0.2) is 0 Å². The van der Waals surface area contributed by atoms with Crippen LogP contribution in [0.3, 0.4) is 0 Å². The van der Waals surface area contributed by atoms with Gasteiger partial charge in [-0.3, -0.25) is 0 Å². The van der Waals surface area contributed by atoms with Crippen LogP contribution in [0, 0.1) is 5.92 Å². The Labute approximate surface area is 103 Å². The first-order chi connectivity index (χ1) is 8.26. The quantitative estimate of drug-likeness (QED) is 0.446. The van der Waals surface area contributed by atoms with E-state index in [4.69, 9.17) is 9.94 Å². The zero-order chi connectivity index (χ0) is 12.5. The molecule has 0 aliphatic heterocycles. The Morgan fingerprint density at radius 2 is 2.06 bits per heavy atom. The first kappa shape index (κ1) is 13.7. The Hall–Kier alpha value is -1.35. The van der Waals surface area contributed by atoms with Crippen LogP contribution in [0.1, 0.15) is 32.3 Å². The molecule has 0 radical (unpaired) electrons. The summed E-state index contributed by atoms with van der Waals surface area (Å²) in [7, 11) is 0. The van der Waals surface area contributed by atoms with E-state index in [9.17, 15) is 0 Å². The van der Waals surface area contributed by atoms with E-state index in [0.29, 0.717) is 6.61 Å². The third-order valence-corrected chi connectivity index (χ3v) is 2.74. The van der Waals surface area contributed by atoms with E-state index in [1.165, 1.54) is 5.56 Å². The Morgan fingerprint density at radius 1 is 1.35 bits per heavy atom. The second-order valence-electron chi connectivity index (χ2n) is 4.30. The van der Waals surface area contributed by atoms with Gasteiger partial charge >= 0.3 is 0 Å². The molecular weight excluding hydrogens is 214 g/mol.